The molecule has 0 aliphatic carbocycles. The molecule has 0 saturated carbocycles. The summed E-state index contributed by atoms with van der Waals surface area (Å²) in [6.45, 7) is 3.55. The van der Waals surface area contributed by atoms with Gasteiger partial charge < -0.3 is 15.0 Å². The van der Waals surface area contributed by atoms with Crippen LogP contribution in [0.1, 0.15) is 39.0 Å². The van der Waals surface area contributed by atoms with E-state index < -0.39 is 17.5 Å². The van der Waals surface area contributed by atoms with Crippen LogP contribution in [0, 0.1) is 12.7 Å². The Morgan fingerprint density at radius 3 is 2.77 bits per heavy atom. The summed E-state index contributed by atoms with van der Waals surface area (Å²) in [5.41, 5.74) is 2.77. The Balaban J connectivity index is 1.12. The van der Waals surface area contributed by atoms with Gasteiger partial charge in [-0.25, -0.2) is 9.18 Å². The number of benzene rings is 2. The largest absolute Gasteiger partial charge is 0.436 e. The molecule has 2 aliphatic rings. The van der Waals surface area contributed by atoms with E-state index in [1.54, 1.807) is 12.1 Å². The number of aryl methyl sites for hydroxylation is 1. The number of ether oxygens (including phenoxy) is 1. The number of nitrogens with zero attached hydrogens (tertiary/aromatic N) is 5. The molecule has 12 heteroatoms. The van der Waals surface area contributed by atoms with Crippen molar-refractivity contribution in [3.05, 3.63) is 99.7 Å². The second-order valence-corrected chi connectivity index (χ2v) is 10.4. The van der Waals surface area contributed by atoms with Gasteiger partial charge in [0.25, 0.3) is 5.91 Å². The molecule has 1 saturated heterocycles. The van der Waals surface area contributed by atoms with Crippen molar-refractivity contribution in [2.45, 2.75) is 32.0 Å². The Kier molecular flexibility index (Phi) is 6.59. The van der Waals surface area contributed by atoms with Crippen LogP contribution in [0.15, 0.2) is 61.1 Å². The number of anilines is 2. The van der Waals surface area contributed by atoms with Crippen LogP contribution in [0.2, 0.25) is 5.02 Å². The fourth-order valence-electron chi connectivity index (χ4n) is 5.15. The highest BCUT2D eigenvalue weighted by molar-refractivity contribution is 6.31. The molecular formula is C28H25ClFN7O3. The van der Waals surface area contributed by atoms with E-state index in [1.807, 2.05) is 53.2 Å². The first-order valence-electron chi connectivity index (χ1n) is 12.7. The first kappa shape index (κ1) is 25.8. The molecule has 6 rings (SSSR count). The molecule has 0 bridgehead atoms. The van der Waals surface area contributed by atoms with Gasteiger partial charge in [0.2, 0.25) is 0 Å². The molecule has 1 atom stereocenters. The van der Waals surface area contributed by atoms with E-state index in [1.165, 1.54) is 12.3 Å². The Labute approximate surface area is 234 Å². The molecule has 2 N–H and O–H groups in total. The predicted octanol–water partition coefficient (Wildman–Crippen LogP) is 4.42. The van der Waals surface area contributed by atoms with Crippen molar-refractivity contribution < 1.29 is 18.7 Å². The van der Waals surface area contributed by atoms with Crippen LogP contribution in [0.5, 0.6) is 0 Å². The van der Waals surface area contributed by atoms with Gasteiger partial charge in [-0.2, -0.15) is 10.2 Å². The Morgan fingerprint density at radius 2 is 2.00 bits per heavy atom. The van der Waals surface area contributed by atoms with Crippen molar-refractivity contribution in [2.75, 3.05) is 23.3 Å². The molecule has 1 spiro atoms. The second-order valence-electron chi connectivity index (χ2n) is 9.98. The van der Waals surface area contributed by atoms with Crippen LogP contribution < -0.4 is 15.5 Å². The van der Waals surface area contributed by atoms with Crippen molar-refractivity contribution in [2.24, 2.45) is 0 Å². The minimum absolute atomic E-state index is 0.0579. The number of amides is 2. The molecule has 2 amide bonds. The molecule has 0 unspecified atom stereocenters. The normalized spacial score (nSPS) is 17.9. The highest BCUT2D eigenvalue weighted by Gasteiger charge is 2.50. The summed E-state index contributed by atoms with van der Waals surface area (Å²) >= 11 is 6.04. The van der Waals surface area contributed by atoms with Crippen molar-refractivity contribution in [1.82, 2.24) is 25.3 Å². The average molecular weight is 562 g/mol. The zero-order chi connectivity index (χ0) is 27.9. The van der Waals surface area contributed by atoms with Crippen LogP contribution in [-0.4, -0.2) is 45.1 Å². The van der Waals surface area contributed by atoms with Crippen molar-refractivity contribution in [3.8, 4) is 0 Å². The monoisotopic (exact) mass is 561 g/mol. The Hall–Kier alpha value is -4.51. The van der Waals surface area contributed by atoms with E-state index in [0.29, 0.717) is 43.1 Å². The van der Waals surface area contributed by atoms with Crippen LogP contribution in [0.25, 0.3) is 0 Å². The summed E-state index contributed by atoms with van der Waals surface area (Å²) in [7, 11) is 0. The van der Waals surface area contributed by atoms with Gasteiger partial charge in [-0.1, -0.05) is 35.9 Å². The lowest BCUT2D eigenvalue weighted by Gasteiger charge is -2.35. The molecule has 2 aromatic heterocycles. The van der Waals surface area contributed by atoms with Crippen molar-refractivity contribution >= 4 is 35.1 Å². The average Bonchev–Trinajstić information content (AvgIpc) is 3.56. The smallest absolute Gasteiger partial charge is 0.412 e. The standard InChI is InChI=1S/C28H25ClFN7O3/c1-17-11-33-37(14-17)15-19-4-2-18(3-5-19)12-31-26(38)20-10-23(35-32-13-20)36-9-8-28(16-36)24-22(34-27(39)40-28)7-6-21(29)25(24)30/h2-7,10-11,13-14H,8-9,12,15-16H2,1H3,(H,31,38)(H,34,39)/t28-/m1/s1. The SMILES string of the molecule is Cc1cnn(Cc2ccc(CNC(=O)c3cnnc(N4CC[C@]5(C4)OC(=O)Nc4ccc(Cl)c(F)c45)c3)cc2)c1. The van der Waals surface area contributed by atoms with Gasteiger partial charge in [0.15, 0.2) is 17.2 Å². The summed E-state index contributed by atoms with van der Waals surface area (Å²) < 4.78 is 22.6. The van der Waals surface area contributed by atoms with Crippen molar-refractivity contribution in [1.29, 1.82) is 0 Å². The van der Waals surface area contributed by atoms with E-state index in [4.69, 9.17) is 16.3 Å². The summed E-state index contributed by atoms with van der Waals surface area (Å²) in [4.78, 5) is 27.0. The lowest BCUT2D eigenvalue weighted by atomic mass is 9.89. The third-order valence-corrected chi connectivity index (χ3v) is 7.41. The lowest BCUT2D eigenvalue weighted by Crippen LogP contribution is -2.42. The van der Waals surface area contributed by atoms with Gasteiger partial charge in [0.1, 0.15) is 0 Å². The van der Waals surface area contributed by atoms with E-state index >= 15 is 4.39 Å². The highest BCUT2D eigenvalue weighted by Crippen LogP contribution is 2.46. The number of hydrogen-bond donors (Lipinski definition) is 2. The molecule has 4 aromatic rings. The van der Waals surface area contributed by atoms with Gasteiger partial charge in [-0.3, -0.25) is 14.8 Å². The quantitative estimate of drug-likeness (QED) is 0.358. The van der Waals surface area contributed by atoms with E-state index in [-0.39, 0.29) is 23.0 Å². The molecule has 10 nitrogen and oxygen atoms in total. The maximum atomic E-state index is 15.1. The van der Waals surface area contributed by atoms with Gasteiger partial charge in [-0.15, -0.1) is 5.10 Å². The van der Waals surface area contributed by atoms with Crippen molar-refractivity contribution in [3.63, 3.8) is 0 Å². The molecule has 0 radical (unpaired) electrons. The fraction of sp³-hybridized carbons (Fsp3) is 0.250. The number of carbonyl (C=O) groups is 2. The topological polar surface area (TPSA) is 114 Å². The Morgan fingerprint density at radius 1 is 1.20 bits per heavy atom. The zero-order valence-corrected chi connectivity index (χ0v) is 22.3. The third kappa shape index (κ3) is 4.95. The first-order valence-corrected chi connectivity index (χ1v) is 13.1. The van der Waals surface area contributed by atoms with Crippen LogP contribution in [0.4, 0.5) is 20.7 Å². The van der Waals surface area contributed by atoms with E-state index in [0.717, 1.165) is 16.7 Å². The zero-order valence-electron chi connectivity index (χ0n) is 21.5. The van der Waals surface area contributed by atoms with E-state index in [9.17, 15) is 9.59 Å². The van der Waals surface area contributed by atoms with Gasteiger partial charge in [-0.05, 0) is 41.8 Å². The van der Waals surface area contributed by atoms with E-state index in [2.05, 4.69) is 25.9 Å². The number of fused-ring (bicyclic) bond motifs is 2. The number of rotatable bonds is 6. The van der Waals surface area contributed by atoms with Gasteiger partial charge in [0, 0.05) is 25.7 Å². The maximum absolute atomic E-state index is 15.1. The summed E-state index contributed by atoms with van der Waals surface area (Å²) in [6, 6.07) is 12.5. The molecule has 204 valence electrons. The molecule has 1 fully saturated rings. The molecule has 2 aliphatic heterocycles. The molecule has 2 aromatic carbocycles. The summed E-state index contributed by atoms with van der Waals surface area (Å²) in [5, 5.41) is 17.9. The minimum Gasteiger partial charge on any atom is -0.436 e. The van der Waals surface area contributed by atoms with Gasteiger partial charge >= 0.3 is 6.09 Å². The summed E-state index contributed by atoms with van der Waals surface area (Å²) in [5.74, 6) is -0.524. The minimum atomic E-state index is -1.24. The lowest BCUT2D eigenvalue weighted by molar-refractivity contribution is 0.0263. The van der Waals surface area contributed by atoms with Crippen LogP contribution in [0.3, 0.4) is 0 Å². The number of carbonyl (C=O) groups excluding carboxylic acids is 2. The Bertz CT molecular complexity index is 1610. The predicted molar refractivity (Wildman–Crippen MR) is 146 cm³/mol. The van der Waals surface area contributed by atoms with Crippen LogP contribution >= 0.6 is 11.6 Å². The first-order chi connectivity index (χ1) is 19.3. The summed E-state index contributed by atoms with van der Waals surface area (Å²) in [6.07, 6.45) is 4.85. The third-order valence-electron chi connectivity index (χ3n) is 7.12. The number of aromatic nitrogens is 4. The molecule has 40 heavy (non-hydrogen) atoms. The second kappa shape index (κ2) is 10.2. The number of halogens is 2. The van der Waals surface area contributed by atoms with Gasteiger partial charge in [0.05, 0.1) is 47.3 Å². The molecule has 4 heterocycles. The fourth-order valence-corrected chi connectivity index (χ4v) is 5.31. The van der Waals surface area contributed by atoms with Crippen LogP contribution in [-0.2, 0) is 23.4 Å². The number of nitrogens with one attached hydrogen (secondary N) is 2. The highest BCUT2D eigenvalue weighted by atomic mass is 35.5. The number of hydrogen-bond acceptors (Lipinski definition) is 7. The molecular weight excluding hydrogens is 537 g/mol. The maximum Gasteiger partial charge on any atom is 0.412 e.